The second-order valence-corrected chi connectivity index (χ2v) is 7.78. The molecule has 29 heavy (non-hydrogen) atoms. The van der Waals surface area contributed by atoms with Gasteiger partial charge in [-0.15, -0.1) is 30.6 Å². The van der Waals surface area contributed by atoms with Crippen LogP contribution >= 0.6 is 24.2 Å². The third-order valence-corrected chi connectivity index (χ3v) is 6.04. The van der Waals surface area contributed by atoms with E-state index in [1.807, 2.05) is 23.5 Å². The molecule has 1 heterocycles. The molecule has 2 nitrogen and oxygen atoms in total. The number of fused-ring (bicyclic) bond motifs is 1. The molecule has 0 aliphatic heterocycles. The molecule has 4 aromatic rings. The van der Waals surface area contributed by atoms with Gasteiger partial charge in [0.2, 0.25) is 0 Å². The molecule has 0 fully saturated rings. The Morgan fingerprint density at radius 3 is 2.52 bits per heavy atom. The monoisotopic (exact) mass is 416 g/mol. The van der Waals surface area contributed by atoms with Crippen LogP contribution in [0.2, 0.25) is 0 Å². The molecule has 0 radical (unpaired) electrons. The highest BCUT2D eigenvalue weighted by Gasteiger charge is 2.19. The molecule has 0 aliphatic rings. The maximum Gasteiger partial charge on any atom is 0.102 e. The van der Waals surface area contributed by atoms with Crippen LogP contribution in [0.3, 0.4) is 0 Å². The fraction of sp³-hybridized carbons (Fsp3) is 0.160. The Kier molecular flexibility index (Phi) is 7.48. The van der Waals surface area contributed by atoms with Crippen LogP contribution < -0.4 is 5.14 Å². The summed E-state index contributed by atoms with van der Waals surface area (Å²) in [5.41, 5.74) is 5.91. The minimum atomic E-state index is 0.224. The number of thiol groups is 1. The lowest BCUT2D eigenvalue weighted by atomic mass is 9.92. The van der Waals surface area contributed by atoms with E-state index in [2.05, 4.69) is 91.5 Å². The maximum atomic E-state index is 5.59. The van der Waals surface area contributed by atoms with Crippen LogP contribution in [0.15, 0.2) is 72.8 Å². The Morgan fingerprint density at radius 2 is 1.79 bits per heavy atom. The van der Waals surface area contributed by atoms with Crippen molar-refractivity contribution in [2.45, 2.75) is 25.7 Å². The van der Waals surface area contributed by atoms with Crippen LogP contribution in [-0.4, -0.2) is 4.98 Å². The van der Waals surface area contributed by atoms with E-state index < -0.39 is 0 Å². The molecule has 4 heteroatoms. The van der Waals surface area contributed by atoms with Crippen LogP contribution in [-0.2, 0) is 12.8 Å². The van der Waals surface area contributed by atoms with Gasteiger partial charge in [-0.2, -0.15) is 0 Å². The normalized spacial score (nSPS) is 11.4. The van der Waals surface area contributed by atoms with Gasteiger partial charge in [-0.05, 0) is 53.8 Å². The van der Waals surface area contributed by atoms with Gasteiger partial charge in [0.1, 0.15) is 5.01 Å². The number of thiazole rings is 1. The third-order valence-electron chi connectivity index (χ3n) is 4.91. The second-order valence-electron chi connectivity index (χ2n) is 6.72. The van der Waals surface area contributed by atoms with Gasteiger partial charge in [-0.1, -0.05) is 61.4 Å². The highest BCUT2D eigenvalue weighted by atomic mass is 32.1. The fourth-order valence-corrected chi connectivity index (χ4v) is 4.57. The number of aryl methyl sites for hydroxylation is 1. The van der Waals surface area contributed by atoms with Crippen LogP contribution in [0.25, 0.3) is 10.2 Å². The molecular formula is C25H24N2S2. The Balaban J connectivity index is 0.00000117. The molecule has 0 amide bonds. The number of nitrogens with two attached hydrogens (primary N) is 1. The minimum Gasteiger partial charge on any atom is -0.281 e. The van der Waals surface area contributed by atoms with Gasteiger partial charge in [0, 0.05) is 11.5 Å². The van der Waals surface area contributed by atoms with Crippen molar-refractivity contribution in [2.24, 2.45) is 5.14 Å². The number of terminal acetylenes is 1. The summed E-state index contributed by atoms with van der Waals surface area (Å²) in [6.45, 7) is 2.19. The molecule has 0 saturated carbocycles. The van der Waals surface area contributed by atoms with Crippen LogP contribution in [0.4, 0.5) is 0 Å². The Bertz CT molecular complexity index is 1110. The lowest BCUT2D eigenvalue weighted by Gasteiger charge is -2.15. The predicted molar refractivity (Wildman–Crippen MR) is 129 cm³/mol. The van der Waals surface area contributed by atoms with Crippen molar-refractivity contribution in [3.63, 3.8) is 0 Å². The molecular weight excluding hydrogens is 392 g/mol. The molecule has 1 unspecified atom stereocenters. The first kappa shape index (κ1) is 21.1. The minimum absolute atomic E-state index is 0.224. The van der Waals surface area contributed by atoms with Gasteiger partial charge in [-0.25, -0.2) is 4.98 Å². The van der Waals surface area contributed by atoms with E-state index in [0.29, 0.717) is 0 Å². The number of rotatable bonds is 5. The topological polar surface area (TPSA) is 38.9 Å². The Labute approximate surface area is 182 Å². The average Bonchev–Trinajstić information content (AvgIpc) is 3.22. The molecule has 2 N–H and O–H groups in total. The molecule has 4 rings (SSSR count). The quantitative estimate of drug-likeness (QED) is 0.309. The first-order chi connectivity index (χ1) is 14.3. The van der Waals surface area contributed by atoms with E-state index in [0.717, 1.165) is 28.9 Å². The van der Waals surface area contributed by atoms with Crippen LogP contribution in [0, 0.1) is 12.3 Å². The largest absolute Gasteiger partial charge is 0.281 e. The van der Waals surface area contributed by atoms with Gasteiger partial charge in [-0.3, -0.25) is 5.14 Å². The smallest absolute Gasteiger partial charge is 0.102 e. The zero-order valence-electron chi connectivity index (χ0n) is 16.4. The summed E-state index contributed by atoms with van der Waals surface area (Å²) in [7, 11) is 0. The van der Waals surface area contributed by atoms with Gasteiger partial charge >= 0.3 is 0 Å². The van der Waals surface area contributed by atoms with Gasteiger partial charge < -0.3 is 0 Å². The number of aromatic nitrogens is 1. The Morgan fingerprint density at radius 1 is 1.00 bits per heavy atom. The van der Waals surface area contributed by atoms with Gasteiger partial charge in [0.15, 0.2) is 0 Å². The lowest BCUT2D eigenvalue weighted by Crippen LogP contribution is -2.05. The summed E-state index contributed by atoms with van der Waals surface area (Å²) in [5, 5.41) is 5.36. The van der Waals surface area contributed by atoms with E-state index in [-0.39, 0.29) is 5.92 Å². The summed E-state index contributed by atoms with van der Waals surface area (Å²) in [6.07, 6.45) is 7.52. The lowest BCUT2D eigenvalue weighted by molar-refractivity contribution is 0.798. The van der Waals surface area contributed by atoms with Crippen LogP contribution in [0.1, 0.15) is 40.1 Å². The molecule has 1 atom stereocenters. The number of hydrogen-bond donors (Lipinski definition) is 2. The molecule has 146 valence electrons. The SMILES string of the molecule is C#Cc1cccc(CC(c2ccccc2)c2nc3ccc(CC)cc3s2)c1.NS. The molecule has 0 aliphatic carbocycles. The molecule has 0 saturated heterocycles. The van der Waals surface area contributed by atoms with Crippen molar-refractivity contribution < 1.29 is 0 Å². The van der Waals surface area contributed by atoms with Crippen molar-refractivity contribution in [1.82, 2.24) is 4.98 Å². The van der Waals surface area contributed by atoms with E-state index in [9.17, 15) is 0 Å². The van der Waals surface area contributed by atoms with Crippen molar-refractivity contribution >= 4 is 34.4 Å². The number of benzene rings is 3. The van der Waals surface area contributed by atoms with Gasteiger partial charge in [0.25, 0.3) is 0 Å². The van der Waals surface area contributed by atoms with Gasteiger partial charge in [0.05, 0.1) is 10.2 Å². The third kappa shape index (κ3) is 5.07. The second kappa shape index (κ2) is 10.3. The summed E-state index contributed by atoms with van der Waals surface area (Å²) >= 11 is 4.84. The average molecular weight is 417 g/mol. The highest BCUT2D eigenvalue weighted by molar-refractivity contribution is 7.77. The predicted octanol–water partition coefficient (Wildman–Crippen LogP) is 6.00. The van der Waals surface area contributed by atoms with E-state index >= 15 is 0 Å². The zero-order valence-corrected chi connectivity index (χ0v) is 18.1. The van der Waals surface area contributed by atoms with Crippen LogP contribution in [0.5, 0.6) is 0 Å². The molecule has 0 spiro atoms. The van der Waals surface area contributed by atoms with Crippen molar-refractivity contribution in [3.05, 3.63) is 100 Å². The van der Waals surface area contributed by atoms with Crippen molar-refractivity contribution in [2.75, 3.05) is 0 Å². The summed E-state index contributed by atoms with van der Waals surface area (Å²) in [5.74, 6) is 2.97. The van der Waals surface area contributed by atoms with Crippen molar-refractivity contribution in [1.29, 1.82) is 0 Å². The molecule has 0 bridgehead atoms. The zero-order chi connectivity index (χ0) is 20.6. The standard InChI is InChI=1S/C25H21NS.H3NS/c1-3-18-9-8-10-20(15-18)16-22(21-11-6-5-7-12-21)25-26-23-14-13-19(4-2)17-24(23)27-25;1-2/h1,5-15,17,22H,4,16H2,2H3;2H,1H2. The number of hydrogen-bond acceptors (Lipinski definition) is 4. The van der Waals surface area contributed by atoms with Crippen molar-refractivity contribution in [3.8, 4) is 12.3 Å². The first-order valence-electron chi connectivity index (χ1n) is 9.52. The maximum absolute atomic E-state index is 5.59. The first-order valence-corrected chi connectivity index (χ1v) is 10.9. The molecule has 3 aromatic carbocycles. The summed E-state index contributed by atoms with van der Waals surface area (Å²) < 4.78 is 1.27. The summed E-state index contributed by atoms with van der Waals surface area (Å²) in [4.78, 5) is 4.98. The molecule has 1 aromatic heterocycles. The number of nitrogens with zero attached hydrogens (tertiary/aromatic N) is 1. The highest BCUT2D eigenvalue weighted by Crippen LogP contribution is 2.34. The fourth-order valence-electron chi connectivity index (χ4n) is 3.41. The van der Waals surface area contributed by atoms with E-state index in [1.54, 1.807) is 0 Å². The van der Waals surface area contributed by atoms with E-state index in [4.69, 9.17) is 11.4 Å². The Hall–Kier alpha value is -2.58. The van der Waals surface area contributed by atoms with E-state index in [1.165, 1.54) is 21.4 Å². The summed E-state index contributed by atoms with van der Waals surface area (Å²) in [6, 6.07) is 25.5.